The number of halogens is 4. The quantitative estimate of drug-likeness (QED) is 0.286. The Bertz CT molecular complexity index is 891. The molecule has 3 aromatic rings. The first-order chi connectivity index (χ1) is 11.5. The number of hydrogen-bond acceptors (Lipinski definition) is 4. The van der Waals surface area contributed by atoms with Gasteiger partial charge in [-0.15, -0.1) is 11.3 Å². The molecule has 0 bridgehead atoms. The molecule has 1 aromatic heterocycles. The van der Waals surface area contributed by atoms with Gasteiger partial charge in [0.15, 0.2) is 0 Å². The predicted octanol–water partition coefficient (Wildman–Crippen LogP) is 6.87. The number of anilines is 1. The zero-order valence-electron chi connectivity index (χ0n) is 11.9. The van der Waals surface area contributed by atoms with E-state index in [0.717, 1.165) is 11.3 Å². The van der Waals surface area contributed by atoms with E-state index in [1.54, 1.807) is 18.3 Å². The largest absolute Gasteiger partial charge is 0.253 e. The van der Waals surface area contributed by atoms with E-state index >= 15 is 0 Å². The third-order valence-electron chi connectivity index (χ3n) is 3.03. The minimum Gasteiger partial charge on any atom is -0.253 e. The second kappa shape index (κ2) is 7.72. The molecule has 8 heteroatoms. The molecule has 3 nitrogen and oxygen atoms in total. The lowest BCUT2D eigenvalue weighted by Gasteiger charge is -2.01. The Morgan fingerprint density at radius 2 is 1.75 bits per heavy atom. The number of thiazole rings is 1. The average molecular weight is 417 g/mol. The standard InChI is InChI=1S/C16H9Cl4N3S/c17-11-3-1-9(2-4-11)14-8-24-16(22-14)23-21-7-10-5-12(18)6-13(19)15(10)20/h1-8H,(H,22,23)/b21-7+. The number of nitrogens with one attached hydrogen (secondary N) is 1. The summed E-state index contributed by atoms with van der Waals surface area (Å²) in [4.78, 5) is 4.46. The van der Waals surface area contributed by atoms with Crippen molar-refractivity contribution in [1.82, 2.24) is 4.98 Å². The lowest BCUT2D eigenvalue weighted by atomic mass is 10.2. The fourth-order valence-electron chi connectivity index (χ4n) is 1.91. The van der Waals surface area contributed by atoms with Gasteiger partial charge in [-0.2, -0.15) is 5.10 Å². The predicted molar refractivity (Wildman–Crippen MR) is 105 cm³/mol. The minimum absolute atomic E-state index is 0.380. The first kappa shape index (κ1) is 17.5. The van der Waals surface area contributed by atoms with Gasteiger partial charge in [-0.1, -0.05) is 58.5 Å². The summed E-state index contributed by atoms with van der Waals surface area (Å²) >= 11 is 25.4. The molecule has 0 aliphatic heterocycles. The molecule has 0 unspecified atom stereocenters. The monoisotopic (exact) mass is 415 g/mol. The summed E-state index contributed by atoms with van der Waals surface area (Å²) in [7, 11) is 0. The van der Waals surface area contributed by atoms with Crippen molar-refractivity contribution in [1.29, 1.82) is 0 Å². The number of nitrogens with zero attached hydrogens (tertiary/aromatic N) is 2. The van der Waals surface area contributed by atoms with Crippen molar-refractivity contribution in [2.45, 2.75) is 0 Å². The summed E-state index contributed by atoms with van der Waals surface area (Å²) in [5.41, 5.74) is 5.32. The van der Waals surface area contributed by atoms with Gasteiger partial charge in [0.2, 0.25) is 5.13 Å². The highest BCUT2D eigenvalue weighted by Crippen LogP contribution is 2.29. The Balaban J connectivity index is 1.73. The van der Waals surface area contributed by atoms with E-state index in [1.165, 1.54) is 11.3 Å². The van der Waals surface area contributed by atoms with Crippen LogP contribution in [-0.2, 0) is 0 Å². The molecule has 0 amide bonds. The van der Waals surface area contributed by atoms with E-state index in [0.29, 0.717) is 30.8 Å². The van der Waals surface area contributed by atoms with Gasteiger partial charge in [-0.25, -0.2) is 4.98 Å². The number of hydrogen-bond donors (Lipinski definition) is 1. The Labute approximate surface area is 162 Å². The molecule has 1 N–H and O–H groups in total. The molecular formula is C16H9Cl4N3S. The summed E-state index contributed by atoms with van der Waals surface area (Å²) in [6, 6.07) is 10.7. The van der Waals surface area contributed by atoms with Gasteiger partial charge in [0.05, 0.1) is 22.0 Å². The molecule has 3 rings (SSSR count). The van der Waals surface area contributed by atoms with Crippen LogP contribution in [0.25, 0.3) is 11.3 Å². The van der Waals surface area contributed by atoms with Crippen molar-refractivity contribution in [3.05, 3.63) is 67.4 Å². The van der Waals surface area contributed by atoms with Crippen molar-refractivity contribution in [3.63, 3.8) is 0 Å². The second-order valence-corrected chi connectivity index (χ2v) is 7.22. The van der Waals surface area contributed by atoms with Crippen molar-refractivity contribution in [3.8, 4) is 11.3 Å². The van der Waals surface area contributed by atoms with E-state index in [2.05, 4.69) is 15.5 Å². The Morgan fingerprint density at radius 1 is 1.00 bits per heavy atom. The van der Waals surface area contributed by atoms with Gasteiger partial charge in [-0.05, 0) is 24.3 Å². The molecule has 2 aromatic carbocycles. The van der Waals surface area contributed by atoms with Crippen LogP contribution in [-0.4, -0.2) is 11.2 Å². The van der Waals surface area contributed by atoms with Crippen LogP contribution < -0.4 is 5.43 Å². The van der Waals surface area contributed by atoms with Crippen LogP contribution in [0.15, 0.2) is 46.9 Å². The highest BCUT2D eigenvalue weighted by Gasteiger charge is 2.06. The maximum atomic E-state index is 6.11. The Hall–Kier alpha value is -1.30. The first-order valence-corrected chi connectivity index (χ1v) is 9.07. The highest BCUT2D eigenvalue weighted by molar-refractivity contribution is 7.14. The topological polar surface area (TPSA) is 37.3 Å². The number of aromatic nitrogens is 1. The van der Waals surface area contributed by atoms with Crippen molar-refractivity contribution in [2.24, 2.45) is 5.10 Å². The van der Waals surface area contributed by atoms with E-state index in [9.17, 15) is 0 Å². The van der Waals surface area contributed by atoms with Gasteiger partial charge in [0.25, 0.3) is 0 Å². The summed E-state index contributed by atoms with van der Waals surface area (Å²) in [6.07, 6.45) is 1.55. The minimum atomic E-state index is 0.380. The SMILES string of the molecule is Clc1ccc(-c2csc(N/N=C/c3cc(Cl)cc(Cl)c3Cl)n2)cc1. The van der Waals surface area contributed by atoms with Gasteiger partial charge >= 0.3 is 0 Å². The molecule has 0 aliphatic carbocycles. The summed E-state index contributed by atoms with van der Waals surface area (Å²) in [6.45, 7) is 0. The number of benzene rings is 2. The molecule has 0 fully saturated rings. The molecule has 0 spiro atoms. The lowest BCUT2D eigenvalue weighted by molar-refractivity contribution is 1.29. The maximum Gasteiger partial charge on any atom is 0.203 e. The fourth-order valence-corrected chi connectivity index (χ4v) is 3.37. The van der Waals surface area contributed by atoms with Gasteiger partial charge in [0, 0.05) is 26.6 Å². The molecule has 0 atom stereocenters. The normalized spacial score (nSPS) is 11.2. The molecule has 122 valence electrons. The van der Waals surface area contributed by atoms with Crippen LogP contribution in [0.5, 0.6) is 0 Å². The summed E-state index contributed by atoms with van der Waals surface area (Å²) < 4.78 is 0. The number of rotatable bonds is 4. The van der Waals surface area contributed by atoms with Crippen LogP contribution in [0.4, 0.5) is 5.13 Å². The average Bonchev–Trinajstić information content (AvgIpc) is 3.01. The van der Waals surface area contributed by atoms with Crippen LogP contribution in [0.1, 0.15) is 5.56 Å². The smallest absolute Gasteiger partial charge is 0.203 e. The first-order valence-electron chi connectivity index (χ1n) is 6.68. The zero-order chi connectivity index (χ0) is 17.1. The van der Waals surface area contributed by atoms with Crippen LogP contribution in [0.3, 0.4) is 0 Å². The van der Waals surface area contributed by atoms with Gasteiger partial charge in [0.1, 0.15) is 0 Å². The number of hydrazone groups is 1. The molecular weight excluding hydrogens is 408 g/mol. The third kappa shape index (κ3) is 4.21. The van der Waals surface area contributed by atoms with E-state index in [-0.39, 0.29) is 0 Å². The fraction of sp³-hybridized carbons (Fsp3) is 0. The van der Waals surface area contributed by atoms with E-state index in [4.69, 9.17) is 46.4 Å². The molecule has 0 saturated heterocycles. The van der Waals surface area contributed by atoms with Crippen molar-refractivity contribution in [2.75, 3.05) is 5.43 Å². The van der Waals surface area contributed by atoms with Crippen molar-refractivity contribution < 1.29 is 0 Å². The lowest BCUT2D eigenvalue weighted by Crippen LogP contribution is -1.91. The van der Waals surface area contributed by atoms with Gasteiger partial charge < -0.3 is 0 Å². The second-order valence-electron chi connectivity index (χ2n) is 4.71. The van der Waals surface area contributed by atoms with Gasteiger partial charge in [-0.3, -0.25) is 5.43 Å². The van der Waals surface area contributed by atoms with Crippen LogP contribution >= 0.6 is 57.7 Å². The zero-order valence-corrected chi connectivity index (χ0v) is 15.8. The highest BCUT2D eigenvalue weighted by atomic mass is 35.5. The molecule has 0 radical (unpaired) electrons. The third-order valence-corrected chi connectivity index (χ3v) is 5.06. The summed E-state index contributed by atoms with van der Waals surface area (Å²) in [5, 5.41) is 8.67. The van der Waals surface area contributed by atoms with Crippen molar-refractivity contribution >= 4 is 69.1 Å². The molecule has 0 aliphatic rings. The summed E-state index contributed by atoms with van der Waals surface area (Å²) in [5.74, 6) is 0. The molecule has 0 saturated carbocycles. The molecule has 24 heavy (non-hydrogen) atoms. The van der Waals surface area contributed by atoms with Crippen LogP contribution in [0, 0.1) is 0 Å². The Kier molecular flexibility index (Phi) is 5.64. The Morgan fingerprint density at radius 3 is 2.50 bits per heavy atom. The van der Waals surface area contributed by atoms with E-state index in [1.807, 2.05) is 29.6 Å². The molecule has 1 heterocycles. The van der Waals surface area contributed by atoms with Crippen LogP contribution in [0.2, 0.25) is 20.1 Å². The van der Waals surface area contributed by atoms with E-state index < -0.39 is 0 Å². The maximum absolute atomic E-state index is 6.11.